The highest BCUT2D eigenvalue weighted by atomic mass is 16.5. The molecule has 6 N–H and O–H groups in total. The zero-order valence-corrected chi connectivity index (χ0v) is 10.8. The molecule has 0 radical (unpaired) electrons. The molecule has 1 aliphatic rings. The minimum absolute atomic E-state index is 0.0432. The zero-order chi connectivity index (χ0) is 14.4. The van der Waals surface area contributed by atoms with Gasteiger partial charge in [0.15, 0.2) is 11.5 Å². The summed E-state index contributed by atoms with van der Waals surface area (Å²) in [4.78, 5) is 12.1. The molecule has 0 amide bonds. The van der Waals surface area contributed by atoms with Gasteiger partial charge in [-0.15, -0.1) is 0 Å². The lowest BCUT2D eigenvalue weighted by Crippen LogP contribution is -2.28. The number of anilines is 2. The molecule has 108 valence electrons. The molecule has 1 saturated heterocycles. The second-order valence-corrected chi connectivity index (χ2v) is 4.89. The van der Waals surface area contributed by atoms with E-state index in [1.165, 1.54) is 6.33 Å². The van der Waals surface area contributed by atoms with Crippen LogP contribution in [0.2, 0.25) is 0 Å². The van der Waals surface area contributed by atoms with E-state index in [2.05, 4.69) is 15.0 Å². The van der Waals surface area contributed by atoms with Crippen molar-refractivity contribution in [1.29, 1.82) is 0 Å². The van der Waals surface area contributed by atoms with Gasteiger partial charge in [0, 0.05) is 5.92 Å². The molecule has 3 heterocycles. The topological polar surface area (TPSA) is 145 Å². The van der Waals surface area contributed by atoms with Gasteiger partial charge in [0.1, 0.15) is 17.8 Å². The summed E-state index contributed by atoms with van der Waals surface area (Å²) in [5.41, 5.74) is 12.2. The van der Waals surface area contributed by atoms with Crippen LogP contribution >= 0.6 is 0 Å². The normalized spacial score (nSPS) is 30.1. The Morgan fingerprint density at radius 3 is 2.80 bits per heavy atom. The Kier molecular flexibility index (Phi) is 2.96. The molecule has 9 heteroatoms. The standard InChI is InChI=1S/C11H16N6O3/c1-4-7(19)5(2-18)20-10(4)17-3-14-6-8(12)15-11(13)16-9(6)17/h3-5,7,10,18-19H,2H2,1H3,(H4,12,13,15,16). The van der Waals surface area contributed by atoms with Crippen LogP contribution in [0, 0.1) is 5.92 Å². The van der Waals surface area contributed by atoms with Crippen molar-refractivity contribution < 1.29 is 14.9 Å². The van der Waals surface area contributed by atoms with E-state index in [1.54, 1.807) is 4.57 Å². The van der Waals surface area contributed by atoms with E-state index in [-0.39, 0.29) is 24.3 Å². The fourth-order valence-corrected chi connectivity index (χ4v) is 2.50. The smallest absolute Gasteiger partial charge is 0.224 e. The minimum Gasteiger partial charge on any atom is -0.394 e. The molecule has 4 atom stereocenters. The van der Waals surface area contributed by atoms with Crippen LogP contribution in [-0.4, -0.2) is 48.5 Å². The summed E-state index contributed by atoms with van der Waals surface area (Å²) in [7, 11) is 0. The first kappa shape index (κ1) is 13.0. The van der Waals surface area contributed by atoms with Crippen molar-refractivity contribution in [3.63, 3.8) is 0 Å². The number of nitrogens with zero attached hydrogens (tertiary/aromatic N) is 4. The first-order valence-electron chi connectivity index (χ1n) is 6.23. The average Bonchev–Trinajstić information content (AvgIpc) is 2.93. The largest absolute Gasteiger partial charge is 0.394 e. The predicted molar refractivity (Wildman–Crippen MR) is 70.3 cm³/mol. The van der Waals surface area contributed by atoms with Crippen LogP contribution in [0.15, 0.2) is 6.33 Å². The molecule has 2 aromatic rings. The molecule has 1 aliphatic heterocycles. The minimum atomic E-state index is -0.765. The number of aromatic nitrogens is 4. The third-order valence-corrected chi connectivity index (χ3v) is 3.60. The van der Waals surface area contributed by atoms with E-state index in [1.807, 2.05) is 6.92 Å². The van der Waals surface area contributed by atoms with Gasteiger partial charge in [-0.25, -0.2) is 4.98 Å². The molecule has 20 heavy (non-hydrogen) atoms. The van der Waals surface area contributed by atoms with E-state index in [4.69, 9.17) is 16.2 Å². The first-order chi connectivity index (χ1) is 9.52. The lowest BCUT2D eigenvalue weighted by molar-refractivity contribution is -0.0447. The second-order valence-electron chi connectivity index (χ2n) is 4.89. The number of imidazole rings is 1. The number of ether oxygens (including phenoxy) is 1. The third kappa shape index (κ3) is 1.79. The predicted octanol–water partition coefficient (Wildman–Crippen LogP) is -1.12. The zero-order valence-electron chi connectivity index (χ0n) is 10.8. The number of aliphatic hydroxyl groups excluding tert-OH is 2. The summed E-state index contributed by atoms with van der Waals surface area (Å²) in [6.45, 7) is 1.57. The van der Waals surface area contributed by atoms with Crippen molar-refractivity contribution in [3.8, 4) is 0 Å². The summed E-state index contributed by atoms with van der Waals surface area (Å²) in [6, 6.07) is 0. The van der Waals surface area contributed by atoms with Crippen LogP contribution in [0.3, 0.4) is 0 Å². The maximum absolute atomic E-state index is 10.0. The van der Waals surface area contributed by atoms with Crippen molar-refractivity contribution in [1.82, 2.24) is 19.5 Å². The highest BCUT2D eigenvalue weighted by Gasteiger charge is 2.42. The molecule has 1 fully saturated rings. The summed E-state index contributed by atoms with van der Waals surface area (Å²) < 4.78 is 7.29. The van der Waals surface area contributed by atoms with Gasteiger partial charge in [-0.3, -0.25) is 4.57 Å². The van der Waals surface area contributed by atoms with Gasteiger partial charge < -0.3 is 26.4 Å². The lowest BCUT2D eigenvalue weighted by atomic mass is 10.0. The molecule has 0 bridgehead atoms. The van der Waals surface area contributed by atoms with Crippen LogP contribution < -0.4 is 11.5 Å². The van der Waals surface area contributed by atoms with Crippen LogP contribution in [0.1, 0.15) is 13.2 Å². The van der Waals surface area contributed by atoms with Crippen LogP contribution in [-0.2, 0) is 4.74 Å². The maximum atomic E-state index is 10.0. The molecule has 9 nitrogen and oxygen atoms in total. The Morgan fingerprint density at radius 2 is 2.15 bits per heavy atom. The molecule has 0 aliphatic carbocycles. The quantitative estimate of drug-likeness (QED) is 0.541. The molecule has 0 saturated carbocycles. The number of nitrogen functional groups attached to an aromatic ring is 2. The van der Waals surface area contributed by atoms with Crippen LogP contribution in [0.5, 0.6) is 0 Å². The SMILES string of the molecule is CC1C(O)C(CO)OC1n1cnc2c(N)nc(N)nc21. The molecule has 4 unspecified atom stereocenters. The third-order valence-electron chi connectivity index (χ3n) is 3.60. The maximum Gasteiger partial charge on any atom is 0.224 e. The van der Waals surface area contributed by atoms with Gasteiger partial charge in [0.05, 0.1) is 19.0 Å². The van der Waals surface area contributed by atoms with Gasteiger partial charge in [0.2, 0.25) is 5.95 Å². The van der Waals surface area contributed by atoms with E-state index >= 15 is 0 Å². The lowest BCUT2D eigenvalue weighted by Gasteiger charge is -2.17. The van der Waals surface area contributed by atoms with Gasteiger partial charge in [-0.05, 0) is 0 Å². The number of rotatable bonds is 2. The summed E-state index contributed by atoms with van der Waals surface area (Å²) in [6.07, 6.45) is -0.383. The number of nitrogens with two attached hydrogens (primary N) is 2. The Labute approximate surface area is 114 Å². The molecule has 2 aromatic heterocycles. The van der Waals surface area contributed by atoms with Gasteiger partial charge >= 0.3 is 0 Å². The van der Waals surface area contributed by atoms with Gasteiger partial charge in [0.25, 0.3) is 0 Å². The molecule has 0 aromatic carbocycles. The van der Waals surface area contributed by atoms with Gasteiger partial charge in [-0.2, -0.15) is 9.97 Å². The van der Waals surface area contributed by atoms with Crippen molar-refractivity contribution in [2.45, 2.75) is 25.4 Å². The van der Waals surface area contributed by atoms with E-state index < -0.39 is 18.4 Å². The number of hydrogen-bond acceptors (Lipinski definition) is 8. The van der Waals surface area contributed by atoms with Crippen molar-refractivity contribution in [3.05, 3.63) is 6.33 Å². The summed E-state index contributed by atoms with van der Waals surface area (Å²) >= 11 is 0. The molecular weight excluding hydrogens is 264 g/mol. The summed E-state index contributed by atoms with van der Waals surface area (Å²) in [5, 5.41) is 19.2. The van der Waals surface area contributed by atoms with Crippen LogP contribution in [0.25, 0.3) is 11.2 Å². The van der Waals surface area contributed by atoms with Crippen molar-refractivity contribution in [2.24, 2.45) is 5.92 Å². The molecular formula is C11H16N6O3. The van der Waals surface area contributed by atoms with E-state index in [0.29, 0.717) is 11.2 Å². The van der Waals surface area contributed by atoms with Crippen LogP contribution in [0.4, 0.5) is 11.8 Å². The Morgan fingerprint density at radius 1 is 1.40 bits per heavy atom. The monoisotopic (exact) mass is 280 g/mol. The van der Waals surface area contributed by atoms with Gasteiger partial charge in [-0.1, -0.05) is 6.92 Å². The molecule has 0 spiro atoms. The summed E-state index contributed by atoms with van der Waals surface area (Å²) in [5.74, 6) is -0.000206. The fraction of sp³-hybridized carbons (Fsp3) is 0.545. The second kappa shape index (κ2) is 4.54. The molecule has 3 rings (SSSR count). The highest BCUT2D eigenvalue weighted by Crippen LogP contribution is 2.36. The number of aliphatic hydroxyl groups is 2. The fourth-order valence-electron chi connectivity index (χ4n) is 2.50. The van der Waals surface area contributed by atoms with E-state index in [9.17, 15) is 10.2 Å². The Balaban J connectivity index is 2.07. The number of fused-ring (bicyclic) bond motifs is 1. The first-order valence-corrected chi connectivity index (χ1v) is 6.23. The number of hydrogen-bond donors (Lipinski definition) is 4. The van der Waals surface area contributed by atoms with E-state index in [0.717, 1.165) is 0 Å². The Hall–Kier alpha value is -1.97. The Bertz CT molecular complexity index is 644. The van der Waals surface area contributed by atoms with Crippen molar-refractivity contribution in [2.75, 3.05) is 18.1 Å². The average molecular weight is 280 g/mol. The highest BCUT2D eigenvalue weighted by molar-refractivity contribution is 5.82. The van der Waals surface area contributed by atoms with Crippen molar-refractivity contribution >= 4 is 22.9 Å².